The smallest absolute Gasteiger partial charge is 0.0532 e. The van der Waals surface area contributed by atoms with Crippen LogP contribution in [0.25, 0.3) is 89.0 Å². The number of pyridine rings is 8. The molecule has 0 saturated carbocycles. The van der Waals surface area contributed by atoms with Gasteiger partial charge in [0, 0.05) is 146 Å². The number of benzene rings is 8. The van der Waals surface area contributed by atoms with Crippen molar-refractivity contribution in [3.05, 3.63) is 417 Å². The van der Waals surface area contributed by atoms with Gasteiger partial charge < -0.3 is 0 Å². The summed E-state index contributed by atoms with van der Waals surface area (Å²) in [5, 5.41) is 0. The van der Waals surface area contributed by atoms with E-state index in [1.54, 1.807) is 0 Å². The van der Waals surface area contributed by atoms with Crippen molar-refractivity contribution in [1.82, 2.24) is 39.9 Å². The average Bonchev–Trinajstić information content (AvgIpc) is 1.59. The SMILES string of the molecule is Cc1cc(C)c2c(c1)-c1c(cnc(C)c1C)C2.Cc1cc(C)c2c(c1)Cc1cnc(C)c(C)c1-2.Cc1cc2c(cc1C)-c1c(cnc(C)c1C)C2.Cc1ccc(C)c2c1Cc1cnc(C)c(C)c1-2.Cc1ccc2c(c1C)-c1c(cnc(C)c1C)C2.Cc1cccc2c1Cc1cnc(C)c(C)c1-2.Cc1cnc2c(c1C)-c1ccccc1C2.Cc1nc2c(c(C)c1C)-c1ccccc1C2. The summed E-state index contributed by atoms with van der Waals surface area (Å²) in [6.07, 6.45) is 22.5. The van der Waals surface area contributed by atoms with Gasteiger partial charge in [-0.3, -0.25) is 39.9 Å². The molecule has 132 heavy (non-hydrogen) atoms. The fourth-order valence-electron chi connectivity index (χ4n) is 21.9. The highest BCUT2D eigenvalue weighted by molar-refractivity contribution is 5.88. The van der Waals surface area contributed by atoms with Crippen molar-refractivity contribution in [1.29, 1.82) is 0 Å². The molecule has 8 aromatic heterocycles. The van der Waals surface area contributed by atoms with Crippen molar-refractivity contribution in [3.8, 4) is 89.0 Å². The monoisotopic (exact) mass is 1730 g/mol. The number of hydrogen-bond acceptors (Lipinski definition) is 8. The van der Waals surface area contributed by atoms with Crippen molar-refractivity contribution in [2.75, 3.05) is 0 Å². The third-order valence-electron chi connectivity index (χ3n) is 30.6. The first-order valence-electron chi connectivity index (χ1n) is 47.4. The third kappa shape index (κ3) is 16.6. The first-order valence-corrected chi connectivity index (χ1v) is 47.4. The van der Waals surface area contributed by atoms with Gasteiger partial charge in [0.05, 0.1) is 11.4 Å². The molecule has 0 spiro atoms. The Balaban J connectivity index is 0.000000105. The molecule has 0 atom stereocenters. The Morgan fingerprint density at radius 1 is 0.167 bits per heavy atom. The first kappa shape index (κ1) is 90.9. The summed E-state index contributed by atoms with van der Waals surface area (Å²) in [6, 6.07) is 46.7. The van der Waals surface area contributed by atoms with E-state index in [2.05, 4.69) is 362 Å². The molecule has 664 valence electrons. The van der Waals surface area contributed by atoms with Crippen molar-refractivity contribution in [2.24, 2.45) is 0 Å². The summed E-state index contributed by atoms with van der Waals surface area (Å²) in [4.78, 5) is 36.2. The maximum atomic E-state index is 4.73. The minimum Gasteiger partial charge on any atom is -0.261 e. The first-order chi connectivity index (χ1) is 63.0. The molecule has 0 radical (unpaired) electrons. The van der Waals surface area contributed by atoms with Gasteiger partial charge in [-0.1, -0.05) is 139 Å². The quantitative estimate of drug-likeness (QED) is 0.148. The van der Waals surface area contributed by atoms with Gasteiger partial charge >= 0.3 is 0 Å². The second-order valence-corrected chi connectivity index (χ2v) is 39.1. The summed E-state index contributed by atoms with van der Waals surface area (Å²) in [7, 11) is 0. The largest absolute Gasteiger partial charge is 0.261 e. The van der Waals surface area contributed by atoms with Crippen molar-refractivity contribution < 1.29 is 0 Å². The Morgan fingerprint density at radius 3 is 1.14 bits per heavy atom. The fraction of sp³-hybridized carbons (Fsp3) is 0.290. The predicted molar refractivity (Wildman–Crippen MR) is 552 cm³/mol. The molecule has 0 fully saturated rings. The molecule has 8 heteroatoms. The molecule has 8 aliphatic carbocycles. The number of rotatable bonds is 0. The van der Waals surface area contributed by atoms with Crippen LogP contribution in [0.5, 0.6) is 0 Å². The normalized spacial score (nSPS) is 12.5. The van der Waals surface area contributed by atoms with Crippen LogP contribution in [0.3, 0.4) is 0 Å². The van der Waals surface area contributed by atoms with E-state index in [0.29, 0.717) is 0 Å². The van der Waals surface area contributed by atoms with E-state index in [1.807, 2.05) is 37.2 Å². The topological polar surface area (TPSA) is 103 Å². The molecule has 16 aromatic rings. The molecule has 8 heterocycles. The van der Waals surface area contributed by atoms with E-state index in [-0.39, 0.29) is 0 Å². The molecule has 8 nitrogen and oxygen atoms in total. The Labute approximate surface area is 785 Å². The minimum absolute atomic E-state index is 0.993. The molecule has 0 N–H and O–H groups in total. The van der Waals surface area contributed by atoms with Crippen LogP contribution in [0.15, 0.2) is 171 Å². The lowest BCUT2D eigenvalue weighted by Gasteiger charge is -2.12. The molecule has 24 rings (SSSR count). The minimum atomic E-state index is 0.993. The summed E-state index contributed by atoms with van der Waals surface area (Å²) in [5.74, 6) is 0. The van der Waals surface area contributed by atoms with Crippen LogP contribution in [0.1, 0.15) is 246 Å². The van der Waals surface area contributed by atoms with E-state index >= 15 is 0 Å². The highest BCUT2D eigenvalue weighted by atomic mass is 14.7. The molecule has 0 unspecified atom stereocenters. The lowest BCUT2D eigenvalue weighted by atomic mass is 9.94. The fourth-order valence-corrected chi connectivity index (χ4v) is 21.9. The van der Waals surface area contributed by atoms with Crippen molar-refractivity contribution >= 4 is 0 Å². The molecule has 0 bridgehead atoms. The van der Waals surface area contributed by atoms with Gasteiger partial charge in [-0.05, 0) is 455 Å². The molecular weight excluding hydrogens is 1600 g/mol. The molecule has 8 aliphatic rings. The van der Waals surface area contributed by atoms with Gasteiger partial charge in [-0.15, -0.1) is 0 Å². The maximum absolute atomic E-state index is 4.73. The number of aryl methyl sites for hydroxylation is 18. The van der Waals surface area contributed by atoms with E-state index in [1.165, 1.54) is 301 Å². The predicted octanol–water partition coefficient (Wildman–Crippen LogP) is 29.9. The molecule has 0 amide bonds. The third-order valence-corrected chi connectivity index (χ3v) is 30.6. The van der Waals surface area contributed by atoms with Gasteiger partial charge in [0.15, 0.2) is 0 Å². The zero-order valence-electron chi connectivity index (χ0n) is 83.4. The highest BCUT2D eigenvalue weighted by Crippen LogP contribution is 2.49. The van der Waals surface area contributed by atoms with E-state index < -0.39 is 0 Å². The second kappa shape index (κ2) is 36.3. The van der Waals surface area contributed by atoms with E-state index in [0.717, 1.165) is 85.5 Å². The van der Waals surface area contributed by atoms with Crippen LogP contribution < -0.4 is 0 Å². The van der Waals surface area contributed by atoms with Crippen LogP contribution >= 0.6 is 0 Å². The number of nitrogens with zero attached hydrogens (tertiary/aromatic N) is 8. The Hall–Kier alpha value is -13.0. The van der Waals surface area contributed by atoms with Crippen LogP contribution in [-0.4, -0.2) is 39.9 Å². The van der Waals surface area contributed by atoms with Gasteiger partial charge in [-0.25, -0.2) is 0 Å². The number of hydrogen-bond donors (Lipinski definition) is 0. The summed E-state index contributed by atoms with van der Waals surface area (Å²) in [5.41, 5.74) is 82.0. The Morgan fingerprint density at radius 2 is 0.561 bits per heavy atom. The average molecular weight is 1730 g/mol. The van der Waals surface area contributed by atoms with E-state index in [9.17, 15) is 0 Å². The van der Waals surface area contributed by atoms with Crippen molar-refractivity contribution in [3.63, 3.8) is 0 Å². The Bertz CT molecular complexity index is 7380. The Kier molecular flexibility index (Phi) is 25.0. The van der Waals surface area contributed by atoms with Gasteiger partial charge in [0.2, 0.25) is 0 Å². The van der Waals surface area contributed by atoms with Crippen LogP contribution in [0.4, 0.5) is 0 Å². The van der Waals surface area contributed by atoms with Crippen molar-refractivity contribution in [2.45, 2.75) is 245 Å². The number of aromatic nitrogens is 8. The van der Waals surface area contributed by atoms with Gasteiger partial charge in [0.25, 0.3) is 0 Å². The lowest BCUT2D eigenvalue weighted by molar-refractivity contribution is 1.04. The zero-order chi connectivity index (χ0) is 93.8. The molecule has 8 aromatic carbocycles. The van der Waals surface area contributed by atoms with Crippen LogP contribution in [0, 0.1) is 194 Å². The highest BCUT2D eigenvalue weighted by Gasteiger charge is 2.32. The molecule has 0 saturated heterocycles. The lowest BCUT2D eigenvalue weighted by Crippen LogP contribution is -1.97. The molecular formula is C124H128N8. The number of fused-ring (bicyclic) bond motifs is 24. The second-order valence-electron chi connectivity index (χ2n) is 39.1. The zero-order valence-corrected chi connectivity index (χ0v) is 83.4. The van der Waals surface area contributed by atoms with Gasteiger partial charge in [-0.2, -0.15) is 0 Å². The van der Waals surface area contributed by atoms with Crippen LogP contribution in [0.2, 0.25) is 0 Å². The molecule has 0 aliphatic heterocycles. The standard InChI is InChI=1S/5C16H17N.2C15H15N.C14H13N/c1-9-5-13-7-14-8-17-12(4)11(3)16(14)15(13)6-10(9)2;1-9-5-10(2)14-7-13-8-17-12(4)11(3)16(13)15(14)6-9;1-9-5-10(2)15-13(6-9)7-14-8-17-12(4)11(3)16(14)15;1-9-5-6-13-7-14-8-17-12(4)11(3)16(14)15(13)10(9)2;1-9-5-6-10(2)15-14(9)7-13-8-17-12(4)11(3)16(13)15;1-9-5-4-6-13-14(9)7-12-8-16-11(3)10(2)15(12)13;1-9-10(2)15-13-7-5-4-6-12(13)8-14(15)16-11(9)3;1-9-8-15-13-7-11-5-3-4-6-12(11)14(13)10(9)2/h5*5-6,8H,7H2,1-4H3;4-6,8H,7H2,1-3H3;4-7H,8H2,1-3H3;3-6,8H,7H2,1-2H3. The van der Waals surface area contributed by atoms with Crippen LogP contribution in [-0.2, 0) is 51.4 Å². The van der Waals surface area contributed by atoms with E-state index in [4.69, 9.17) is 4.98 Å². The summed E-state index contributed by atoms with van der Waals surface area (Å²) < 4.78 is 0. The van der Waals surface area contributed by atoms with Gasteiger partial charge in [0.1, 0.15) is 0 Å². The summed E-state index contributed by atoms with van der Waals surface area (Å²) in [6.45, 7) is 60.7. The maximum Gasteiger partial charge on any atom is 0.0532 e. The summed E-state index contributed by atoms with van der Waals surface area (Å²) >= 11 is 0.